The molecule has 94 valence electrons. The Hall–Kier alpha value is -0.980. The van der Waals surface area contributed by atoms with Crippen LogP contribution in [0.1, 0.15) is 12.8 Å². The lowest BCUT2D eigenvalue weighted by Crippen LogP contribution is -2.46. The van der Waals surface area contributed by atoms with Gasteiger partial charge in [-0.15, -0.1) is 0 Å². The highest BCUT2D eigenvalue weighted by atomic mass is 32.2. The first-order valence-electron chi connectivity index (χ1n) is 5.71. The lowest BCUT2D eigenvalue weighted by molar-refractivity contribution is 0.300. The Morgan fingerprint density at radius 1 is 1.53 bits per heavy atom. The van der Waals surface area contributed by atoms with Crippen molar-refractivity contribution in [2.24, 2.45) is 0 Å². The summed E-state index contributed by atoms with van der Waals surface area (Å²) in [6.45, 7) is 1.69. The average molecular weight is 255 g/mol. The lowest BCUT2D eigenvalue weighted by Gasteiger charge is -2.30. The molecule has 1 aliphatic heterocycles. The summed E-state index contributed by atoms with van der Waals surface area (Å²) in [5, 5.41) is 3.22. The van der Waals surface area contributed by atoms with Crippen molar-refractivity contribution in [1.82, 2.24) is 14.6 Å². The molecule has 1 N–H and O–H groups in total. The molecule has 1 saturated heterocycles. The van der Waals surface area contributed by atoms with Crippen LogP contribution in [0.5, 0.6) is 0 Å². The third-order valence-corrected chi connectivity index (χ3v) is 4.99. The number of aromatic nitrogens is 1. The van der Waals surface area contributed by atoms with E-state index in [0.717, 1.165) is 25.9 Å². The van der Waals surface area contributed by atoms with Crippen molar-refractivity contribution in [1.29, 1.82) is 0 Å². The molecule has 2 rings (SSSR count). The van der Waals surface area contributed by atoms with Crippen molar-refractivity contribution in [2.75, 3.05) is 20.1 Å². The van der Waals surface area contributed by atoms with Crippen molar-refractivity contribution in [3.05, 3.63) is 24.5 Å². The molecule has 1 atom stereocenters. The van der Waals surface area contributed by atoms with Crippen molar-refractivity contribution >= 4 is 10.0 Å². The van der Waals surface area contributed by atoms with E-state index in [4.69, 9.17) is 0 Å². The van der Waals surface area contributed by atoms with E-state index in [-0.39, 0.29) is 10.9 Å². The number of rotatable bonds is 3. The predicted octanol–water partition coefficient (Wildman–Crippen LogP) is 0.454. The standard InChI is InChI=1S/C11H17N3O2S/c1-14(10-4-2-6-12-8-10)17(15,16)11-5-3-7-13-9-11/h3,5,7,9-10,12H,2,4,6,8H2,1H3. The Kier molecular flexibility index (Phi) is 3.76. The Labute approximate surface area is 102 Å². The summed E-state index contributed by atoms with van der Waals surface area (Å²) in [6, 6.07) is 3.25. The summed E-state index contributed by atoms with van der Waals surface area (Å²) in [5.74, 6) is 0. The summed E-state index contributed by atoms with van der Waals surface area (Å²) in [6.07, 6.45) is 4.88. The smallest absolute Gasteiger partial charge is 0.244 e. The molecule has 6 heteroatoms. The molecule has 0 radical (unpaired) electrons. The molecule has 0 saturated carbocycles. The molecule has 0 aromatic carbocycles. The fourth-order valence-corrected chi connectivity index (χ4v) is 3.36. The SMILES string of the molecule is CN(C1CCCNC1)S(=O)(=O)c1cccnc1. The second-order valence-corrected chi connectivity index (χ2v) is 6.21. The van der Waals surface area contributed by atoms with E-state index in [0.29, 0.717) is 0 Å². The van der Waals surface area contributed by atoms with Gasteiger partial charge in [-0.1, -0.05) is 0 Å². The molecule has 1 fully saturated rings. The predicted molar refractivity (Wildman–Crippen MR) is 65.1 cm³/mol. The van der Waals surface area contributed by atoms with Gasteiger partial charge in [-0.05, 0) is 31.5 Å². The van der Waals surface area contributed by atoms with Gasteiger partial charge in [0.15, 0.2) is 0 Å². The molecule has 1 aromatic rings. The fraction of sp³-hybridized carbons (Fsp3) is 0.545. The molecule has 0 aliphatic carbocycles. The first kappa shape index (κ1) is 12.5. The number of sulfonamides is 1. The number of piperidine rings is 1. The summed E-state index contributed by atoms with van der Waals surface area (Å²) < 4.78 is 26.0. The van der Waals surface area contributed by atoms with Crippen LogP contribution in [0.25, 0.3) is 0 Å². The topological polar surface area (TPSA) is 62.3 Å². The van der Waals surface area contributed by atoms with Crippen molar-refractivity contribution in [3.63, 3.8) is 0 Å². The van der Waals surface area contributed by atoms with Crippen molar-refractivity contribution in [3.8, 4) is 0 Å². The van der Waals surface area contributed by atoms with Gasteiger partial charge in [0.05, 0.1) is 0 Å². The van der Waals surface area contributed by atoms with Crippen LogP contribution >= 0.6 is 0 Å². The van der Waals surface area contributed by atoms with Gasteiger partial charge in [-0.3, -0.25) is 4.98 Å². The van der Waals surface area contributed by atoms with Crippen molar-refractivity contribution in [2.45, 2.75) is 23.8 Å². The Morgan fingerprint density at radius 2 is 2.35 bits per heavy atom. The highest BCUT2D eigenvalue weighted by molar-refractivity contribution is 7.89. The van der Waals surface area contributed by atoms with Gasteiger partial charge in [0.1, 0.15) is 4.90 Å². The second kappa shape index (κ2) is 5.12. The van der Waals surface area contributed by atoms with E-state index in [1.165, 1.54) is 10.5 Å². The van der Waals surface area contributed by atoms with Crippen LogP contribution < -0.4 is 5.32 Å². The van der Waals surface area contributed by atoms with Gasteiger partial charge >= 0.3 is 0 Å². The second-order valence-electron chi connectivity index (χ2n) is 4.21. The molecule has 1 aromatic heterocycles. The first-order chi connectivity index (χ1) is 8.12. The molecule has 0 bridgehead atoms. The van der Waals surface area contributed by atoms with Gasteiger partial charge < -0.3 is 5.32 Å². The summed E-state index contributed by atoms with van der Waals surface area (Å²) in [4.78, 5) is 4.11. The monoisotopic (exact) mass is 255 g/mol. The number of likely N-dealkylation sites (N-methyl/N-ethyl adjacent to an activating group) is 1. The molecule has 0 amide bonds. The first-order valence-corrected chi connectivity index (χ1v) is 7.15. The minimum atomic E-state index is -3.41. The van der Waals surface area contributed by atoms with E-state index in [2.05, 4.69) is 10.3 Å². The zero-order valence-electron chi connectivity index (χ0n) is 9.83. The highest BCUT2D eigenvalue weighted by Crippen LogP contribution is 2.18. The van der Waals surface area contributed by atoms with Gasteiger partial charge in [-0.2, -0.15) is 4.31 Å². The van der Waals surface area contributed by atoms with Crippen LogP contribution in [-0.2, 0) is 10.0 Å². The Morgan fingerprint density at radius 3 is 2.94 bits per heavy atom. The average Bonchev–Trinajstić information content (AvgIpc) is 2.40. The largest absolute Gasteiger partial charge is 0.315 e. The lowest BCUT2D eigenvalue weighted by atomic mass is 10.1. The highest BCUT2D eigenvalue weighted by Gasteiger charge is 2.28. The maximum atomic E-state index is 12.3. The van der Waals surface area contributed by atoms with E-state index in [9.17, 15) is 8.42 Å². The molecule has 0 spiro atoms. The minimum absolute atomic E-state index is 0.0361. The van der Waals surface area contributed by atoms with Gasteiger partial charge in [0, 0.05) is 32.0 Å². The van der Waals surface area contributed by atoms with Crippen molar-refractivity contribution < 1.29 is 8.42 Å². The zero-order chi connectivity index (χ0) is 12.3. The zero-order valence-corrected chi connectivity index (χ0v) is 10.7. The van der Waals surface area contributed by atoms with Crippen LogP contribution in [0.15, 0.2) is 29.4 Å². The Balaban J connectivity index is 2.20. The summed E-state index contributed by atoms with van der Waals surface area (Å²) in [5.41, 5.74) is 0. The summed E-state index contributed by atoms with van der Waals surface area (Å²) in [7, 11) is -1.77. The van der Waals surface area contributed by atoms with E-state index >= 15 is 0 Å². The normalized spacial score (nSPS) is 21.6. The number of hydrogen-bond donors (Lipinski definition) is 1. The summed E-state index contributed by atoms with van der Waals surface area (Å²) >= 11 is 0. The molecular weight excluding hydrogens is 238 g/mol. The maximum Gasteiger partial charge on any atom is 0.244 e. The van der Waals surface area contributed by atoms with Crippen LogP contribution in [-0.4, -0.2) is 43.9 Å². The van der Waals surface area contributed by atoms with E-state index < -0.39 is 10.0 Å². The van der Waals surface area contributed by atoms with Gasteiger partial charge in [0.25, 0.3) is 0 Å². The van der Waals surface area contributed by atoms with Crippen LogP contribution in [0, 0.1) is 0 Å². The quantitative estimate of drug-likeness (QED) is 0.852. The minimum Gasteiger partial charge on any atom is -0.315 e. The molecule has 17 heavy (non-hydrogen) atoms. The van der Waals surface area contributed by atoms with E-state index in [1.807, 2.05) is 0 Å². The number of pyridine rings is 1. The van der Waals surface area contributed by atoms with E-state index in [1.54, 1.807) is 25.4 Å². The third-order valence-electron chi connectivity index (χ3n) is 3.10. The van der Waals surface area contributed by atoms with Gasteiger partial charge in [0.2, 0.25) is 10.0 Å². The van der Waals surface area contributed by atoms with Gasteiger partial charge in [-0.25, -0.2) is 8.42 Å². The fourth-order valence-electron chi connectivity index (χ4n) is 2.01. The third kappa shape index (κ3) is 2.65. The molecule has 5 nitrogen and oxygen atoms in total. The molecule has 1 aliphatic rings. The van der Waals surface area contributed by atoms with Crippen LogP contribution in [0.4, 0.5) is 0 Å². The number of hydrogen-bond acceptors (Lipinski definition) is 4. The number of nitrogens with one attached hydrogen (secondary N) is 1. The van der Waals surface area contributed by atoms with Crippen LogP contribution in [0.3, 0.4) is 0 Å². The maximum absolute atomic E-state index is 12.3. The number of nitrogens with zero attached hydrogens (tertiary/aromatic N) is 2. The molecule has 2 heterocycles. The van der Waals surface area contributed by atoms with Crippen LogP contribution in [0.2, 0.25) is 0 Å². The Bertz CT molecular complexity index is 455. The molecular formula is C11H17N3O2S. The molecule has 1 unspecified atom stereocenters.